The molecule has 0 atom stereocenters. The Balaban J connectivity index is 1.50. The first-order chi connectivity index (χ1) is 15.8. The maximum Gasteiger partial charge on any atom is 0.224 e. The third-order valence-corrected chi connectivity index (χ3v) is 5.52. The minimum absolute atomic E-state index is 0.193. The number of furan rings is 1. The van der Waals surface area contributed by atoms with Crippen LogP contribution in [0.1, 0.15) is 0 Å². The Bertz CT molecular complexity index is 1590. The highest BCUT2D eigenvalue weighted by Crippen LogP contribution is 2.36. The highest BCUT2D eigenvalue weighted by Gasteiger charge is 2.14. The van der Waals surface area contributed by atoms with Gasteiger partial charge in [0.1, 0.15) is 11.2 Å². The van der Waals surface area contributed by atoms with Crippen molar-refractivity contribution in [1.82, 2.24) is 15.0 Å². The SMILES string of the molecule is Nc1nc(-c2ccccc2)nc(-c2cccc(-c3cccc4c3oc3ccccc34)c2)n1. The molecule has 152 valence electrons. The van der Waals surface area contributed by atoms with Gasteiger partial charge in [0.25, 0.3) is 0 Å². The summed E-state index contributed by atoms with van der Waals surface area (Å²) < 4.78 is 6.22. The lowest BCUT2D eigenvalue weighted by atomic mass is 10.0. The van der Waals surface area contributed by atoms with Gasteiger partial charge in [-0.15, -0.1) is 0 Å². The van der Waals surface area contributed by atoms with E-state index in [1.54, 1.807) is 0 Å². The first kappa shape index (κ1) is 18.3. The standard InChI is InChI=1S/C27H18N4O/c28-27-30-25(17-8-2-1-3-9-17)29-26(31-27)19-11-6-10-18(16-19)20-13-7-14-22-21-12-4-5-15-23(21)32-24(20)22/h1-16H,(H2,28,29,30,31). The van der Waals surface area contributed by atoms with Crippen LogP contribution in [-0.2, 0) is 0 Å². The number of aromatic nitrogens is 3. The second-order valence-corrected chi connectivity index (χ2v) is 7.57. The fourth-order valence-electron chi connectivity index (χ4n) is 4.04. The van der Waals surface area contributed by atoms with E-state index < -0.39 is 0 Å². The highest BCUT2D eigenvalue weighted by atomic mass is 16.3. The van der Waals surface area contributed by atoms with E-state index in [2.05, 4.69) is 51.4 Å². The number of anilines is 1. The first-order valence-corrected chi connectivity index (χ1v) is 10.3. The average Bonchev–Trinajstić information content (AvgIpc) is 3.23. The summed E-state index contributed by atoms with van der Waals surface area (Å²) in [6, 6.07) is 32.2. The zero-order valence-corrected chi connectivity index (χ0v) is 17.1. The van der Waals surface area contributed by atoms with Gasteiger partial charge in [-0.2, -0.15) is 9.97 Å². The molecule has 0 unspecified atom stereocenters. The number of benzene rings is 4. The summed E-state index contributed by atoms with van der Waals surface area (Å²) in [6.45, 7) is 0. The molecule has 0 radical (unpaired) electrons. The van der Waals surface area contributed by atoms with Gasteiger partial charge in [0.05, 0.1) is 0 Å². The maximum absolute atomic E-state index is 6.22. The van der Waals surface area contributed by atoms with Crippen molar-refractivity contribution in [1.29, 1.82) is 0 Å². The van der Waals surface area contributed by atoms with Gasteiger partial charge in [0, 0.05) is 27.5 Å². The Morgan fingerprint density at radius 3 is 2.09 bits per heavy atom. The number of nitrogens with zero attached hydrogens (tertiary/aromatic N) is 3. The third-order valence-electron chi connectivity index (χ3n) is 5.52. The molecule has 0 amide bonds. The van der Waals surface area contributed by atoms with E-state index in [0.29, 0.717) is 11.6 Å². The summed E-state index contributed by atoms with van der Waals surface area (Å²) in [5.41, 5.74) is 11.6. The van der Waals surface area contributed by atoms with Crippen LogP contribution in [0.2, 0.25) is 0 Å². The van der Waals surface area contributed by atoms with E-state index in [1.807, 2.05) is 60.7 Å². The molecule has 6 aromatic rings. The molecule has 0 aliphatic carbocycles. The summed E-state index contributed by atoms with van der Waals surface area (Å²) in [6.07, 6.45) is 0. The van der Waals surface area contributed by atoms with Gasteiger partial charge >= 0.3 is 0 Å². The van der Waals surface area contributed by atoms with Crippen LogP contribution in [0, 0.1) is 0 Å². The normalized spacial score (nSPS) is 11.2. The summed E-state index contributed by atoms with van der Waals surface area (Å²) in [5, 5.41) is 2.21. The van der Waals surface area contributed by atoms with E-state index in [0.717, 1.165) is 44.2 Å². The monoisotopic (exact) mass is 414 g/mol. The minimum atomic E-state index is 0.193. The van der Waals surface area contributed by atoms with Crippen molar-refractivity contribution in [2.24, 2.45) is 0 Å². The number of fused-ring (bicyclic) bond motifs is 3. The van der Waals surface area contributed by atoms with Gasteiger partial charge in [0.2, 0.25) is 5.95 Å². The molecule has 0 saturated heterocycles. The molecule has 4 aromatic carbocycles. The molecule has 5 nitrogen and oxygen atoms in total. The van der Waals surface area contributed by atoms with Crippen LogP contribution < -0.4 is 5.73 Å². The molecule has 0 fully saturated rings. The van der Waals surface area contributed by atoms with Crippen molar-refractivity contribution in [3.8, 4) is 33.9 Å². The number of nitrogen functional groups attached to an aromatic ring is 1. The highest BCUT2D eigenvalue weighted by molar-refractivity contribution is 6.09. The van der Waals surface area contributed by atoms with Gasteiger partial charge in [-0.05, 0) is 17.7 Å². The van der Waals surface area contributed by atoms with Crippen LogP contribution in [-0.4, -0.2) is 15.0 Å². The van der Waals surface area contributed by atoms with Gasteiger partial charge in [0.15, 0.2) is 11.6 Å². The van der Waals surface area contributed by atoms with Gasteiger partial charge < -0.3 is 10.2 Å². The Hall–Kier alpha value is -4.51. The minimum Gasteiger partial charge on any atom is -0.455 e. The topological polar surface area (TPSA) is 77.8 Å². The van der Waals surface area contributed by atoms with Crippen LogP contribution >= 0.6 is 0 Å². The van der Waals surface area contributed by atoms with Crippen molar-refractivity contribution in [2.75, 3.05) is 5.73 Å². The van der Waals surface area contributed by atoms with E-state index in [4.69, 9.17) is 10.2 Å². The van der Waals surface area contributed by atoms with Gasteiger partial charge in [-0.3, -0.25) is 0 Å². The molecule has 6 rings (SSSR count). The fourth-order valence-corrected chi connectivity index (χ4v) is 4.04. The quantitative estimate of drug-likeness (QED) is 0.365. The molecule has 32 heavy (non-hydrogen) atoms. The maximum atomic E-state index is 6.22. The number of hydrogen-bond donors (Lipinski definition) is 1. The molecule has 0 aliphatic heterocycles. The van der Waals surface area contributed by atoms with Crippen LogP contribution in [0.25, 0.3) is 55.8 Å². The fraction of sp³-hybridized carbons (Fsp3) is 0. The molecule has 2 aromatic heterocycles. The predicted molar refractivity (Wildman–Crippen MR) is 128 cm³/mol. The molecule has 0 aliphatic rings. The first-order valence-electron chi connectivity index (χ1n) is 10.3. The lowest BCUT2D eigenvalue weighted by molar-refractivity contribution is 0.670. The summed E-state index contributed by atoms with van der Waals surface area (Å²) >= 11 is 0. The predicted octanol–water partition coefficient (Wildman–Crippen LogP) is 6.35. The number of nitrogens with two attached hydrogens (primary N) is 1. The Morgan fingerprint density at radius 2 is 1.22 bits per heavy atom. The van der Waals surface area contributed by atoms with Crippen LogP contribution in [0.5, 0.6) is 0 Å². The van der Waals surface area contributed by atoms with Gasteiger partial charge in [-0.25, -0.2) is 4.98 Å². The Labute approximate surface area is 184 Å². The molecular weight excluding hydrogens is 396 g/mol. The number of rotatable bonds is 3. The summed E-state index contributed by atoms with van der Waals surface area (Å²) in [5.74, 6) is 1.28. The molecule has 2 N–H and O–H groups in total. The van der Waals surface area contributed by atoms with Crippen molar-refractivity contribution in [3.63, 3.8) is 0 Å². The van der Waals surface area contributed by atoms with E-state index in [-0.39, 0.29) is 5.95 Å². The van der Waals surface area contributed by atoms with Crippen LogP contribution in [0.4, 0.5) is 5.95 Å². The van der Waals surface area contributed by atoms with Crippen LogP contribution in [0.3, 0.4) is 0 Å². The number of hydrogen-bond acceptors (Lipinski definition) is 5. The van der Waals surface area contributed by atoms with Crippen molar-refractivity contribution >= 4 is 27.9 Å². The lowest BCUT2D eigenvalue weighted by Crippen LogP contribution is -2.02. The van der Waals surface area contributed by atoms with Crippen molar-refractivity contribution in [2.45, 2.75) is 0 Å². The largest absolute Gasteiger partial charge is 0.455 e. The van der Waals surface area contributed by atoms with Crippen LogP contribution in [0.15, 0.2) is 101 Å². The second-order valence-electron chi connectivity index (χ2n) is 7.57. The number of para-hydroxylation sites is 2. The van der Waals surface area contributed by atoms with Gasteiger partial charge in [-0.1, -0.05) is 84.9 Å². The zero-order valence-electron chi connectivity index (χ0n) is 17.1. The van der Waals surface area contributed by atoms with E-state index in [1.165, 1.54) is 0 Å². The summed E-state index contributed by atoms with van der Waals surface area (Å²) in [7, 11) is 0. The van der Waals surface area contributed by atoms with E-state index in [9.17, 15) is 0 Å². The molecule has 0 bridgehead atoms. The van der Waals surface area contributed by atoms with Crippen molar-refractivity contribution < 1.29 is 4.42 Å². The molecule has 2 heterocycles. The molecule has 0 spiro atoms. The Morgan fingerprint density at radius 1 is 0.562 bits per heavy atom. The van der Waals surface area contributed by atoms with Crippen molar-refractivity contribution in [3.05, 3.63) is 97.1 Å². The molecular formula is C27H18N4O. The smallest absolute Gasteiger partial charge is 0.224 e. The second kappa shape index (κ2) is 7.32. The zero-order chi connectivity index (χ0) is 21.5. The summed E-state index contributed by atoms with van der Waals surface area (Å²) in [4.78, 5) is 13.4. The lowest BCUT2D eigenvalue weighted by Gasteiger charge is -2.08. The average molecular weight is 414 g/mol. The molecule has 0 saturated carbocycles. The third kappa shape index (κ3) is 3.08. The van der Waals surface area contributed by atoms with E-state index >= 15 is 0 Å². The molecule has 5 heteroatoms. The Kier molecular flexibility index (Phi) is 4.18.